The number of aryl methyl sites for hydroxylation is 1. The van der Waals surface area contributed by atoms with Crippen LogP contribution in [0, 0.1) is 0 Å². The van der Waals surface area contributed by atoms with E-state index in [-0.39, 0.29) is 18.0 Å². The summed E-state index contributed by atoms with van der Waals surface area (Å²) in [6.45, 7) is 10.3. The van der Waals surface area contributed by atoms with Crippen molar-refractivity contribution in [2.24, 2.45) is 4.99 Å². The van der Waals surface area contributed by atoms with Gasteiger partial charge >= 0.3 is 0 Å². The Morgan fingerprint density at radius 3 is 2.35 bits per heavy atom. The van der Waals surface area contributed by atoms with E-state index in [4.69, 9.17) is 0 Å². The van der Waals surface area contributed by atoms with Gasteiger partial charge in [0.1, 0.15) is 0 Å². The monoisotopic (exact) mass is 491 g/mol. The third kappa shape index (κ3) is 4.40. The van der Waals surface area contributed by atoms with E-state index in [1.165, 1.54) is 52.1 Å². The second-order valence-corrected chi connectivity index (χ2v) is 10.5. The van der Waals surface area contributed by atoms with Crippen molar-refractivity contribution in [3.05, 3.63) is 96.3 Å². The summed E-state index contributed by atoms with van der Waals surface area (Å²) in [5.74, 6) is -0.420. The Morgan fingerprint density at radius 2 is 1.71 bits per heavy atom. The molecule has 6 nitrogen and oxygen atoms in total. The Bertz CT molecular complexity index is 1550. The first-order valence-corrected chi connectivity index (χ1v) is 13.1. The second kappa shape index (κ2) is 9.89. The summed E-state index contributed by atoms with van der Waals surface area (Å²) in [7, 11) is -3.73. The van der Waals surface area contributed by atoms with Crippen molar-refractivity contribution < 1.29 is 13.2 Å². The van der Waals surface area contributed by atoms with Crippen LogP contribution >= 0.6 is 11.3 Å². The molecule has 0 N–H and O–H groups in total. The SMILES string of the molecule is C=CCN(CC=C)S(=O)(=O)c1ccc(C(=O)N=c2sc3c4ccccc4ccc3n2CC)cc1. The van der Waals surface area contributed by atoms with E-state index in [1.807, 2.05) is 23.6 Å². The number of rotatable bonds is 8. The number of hydrogen-bond donors (Lipinski definition) is 0. The molecule has 8 heteroatoms. The van der Waals surface area contributed by atoms with Gasteiger partial charge in [-0.25, -0.2) is 8.42 Å². The molecule has 0 saturated carbocycles. The molecule has 1 aromatic heterocycles. The highest BCUT2D eigenvalue weighted by molar-refractivity contribution is 7.89. The van der Waals surface area contributed by atoms with Crippen LogP contribution in [0.2, 0.25) is 0 Å². The number of hydrogen-bond acceptors (Lipinski definition) is 4. The van der Waals surface area contributed by atoms with Crippen LogP contribution in [0.3, 0.4) is 0 Å². The van der Waals surface area contributed by atoms with E-state index in [2.05, 4.69) is 42.4 Å². The van der Waals surface area contributed by atoms with Gasteiger partial charge in [-0.15, -0.1) is 13.2 Å². The predicted octanol–water partition coefficient (Wildman–Crippen LogP) is 4.98. The van der Waals surface area contributed by atoms with Crippen LogP contribution in [0.15, 0.2) is 95.9 Å². The number of carbonyl (C=O) groups is 1. The number of carbonyl (C=O) groups excluding carboxylic acids is 1. The van der Waals surface area contributed by atoms with Gasteiger partial charge in [-0.2, -0.15) is 9.30 Å². The van der Waals surface area contributed by atoms with Crippen LogP contribution in [0.1, 0.15) is 17.3 Å². The summed E-state index contributed by atoms with van der Waals surface area (Å²) in [5, 5.41) is 2.26. The zero-order chi connectivity index (χ0) is 24.3. The molecule has 3 aromatic carbocycles. The average Bonchev–Trinajstić information content (AvgIpc) is 3.21. The quantitative estimate of drug-likeness (QED) is 0.326. The summed E-state index contributed by atoms with van der Waals surface area (Å²) in [6.07, 6.45) is 3.05. The number of aromatic nitrogens is 1. The molecule has 0 radical (unpaired) electrons. The van der Waals surface area contributed by atoms with E-state index in [0.29, 0.717) is 16.9 Å². The van der Waals surface area contributed by atoms with Crippen LogP contribution in [-0.2, 0) is 16.6 Å². The lowest BCUT2D eigenvalue weighted by Crippen LogP contribution is -2.31. The Labute approximate surface area is 202 Å². The van der Waals surface area contributed by atoms with Crippen LogP contribution in [0.25, 0.3) is 21.0 Å². The van der Waals surface area contributed by atoms with Gasteiger partial charge in [0.25, 0.3) is 5.91 Å². The van der Waals surface area contributed by atoms with Crippen molar-refractivity contribution in [3.63, 3.8) is 0 Å². The van der Waals surface area contributed by atoms with E-state index < -0.39 is 15.9 Å². The fourth-order valence-electron chi connectivity index (χ4n) is 3.82. The summed E-state index contributed by atoms with van der Waals surface area (Å²) >= 11 is 1.48. The molecule has 174 valence electrons. The van der Waals surface area contributed by atoms with E-state index in [0.717, 1.165) is 21.0 Å². The number of benzene rings is 3. The molecule has 0 aliphatic rings. The van der Waals surface area contributed by atoms with Crippen LogP contribution in [0.5, 0.6) is 0 Å². The first kappa shape index (κ1) is 23.8. The fraction of sp³-hybridized carbons (Fsp3) is 0.154. The highest BCUT2D eigenvalue weighted by Gasteiger charge is 2.22. The highest BCUT2D eigenvalue weighted by Crippen LogP contribution is 2.27. The molecule has 0 aliphatic heterocycles. The molecule has 1 amide bonds. The molecule has 0 aliphatic carbocycles. The molecule has 0 bridgehead atoms. The topological polar surface area (TPSA) is 71.7 Å². The van der Waals surface area contributed by atoms with Gasteiger partial charge in [0.15, 0.2) is 4.80 Å². The van der Waals surface area contributed by atoms with Crippen LogP contribution < -0.4 is 4.80 Å². The molecular formula is C26H25N3O3S2. The first-order chi connectivity index (χ1) is 16.4. The molecule has 1 heterocycles. The summed E-state index contributed by atoms with van der Waals surface area (Å²) in [5.41, 5.74) is 1.35. The third-order valence-corrected chi connectivity index (χ3v) is 8.47. The number of fused-ring (bicyclic) bond motifs is 3. The highest BCUT2D eigenvalue weighted by atomic mass is 32.2. The lowest BCUT2D eigenvalue weighted by molar-refractivity contribution is 0.0997. The lowest BCUT2D eigenvalue weighted by Gasteiger charge is -2.19. The standard InChI is InChI=1S/C26H25N3O3S2/c1-4-17-28(18-5-2)34(31,32)21-14-11-20(12-15-21)25(30)27-26-29(6-3)23-16-13-19-9-7-8-10-22(19)24(23)33-26/h4-5,7-16H,1-2,6,17-18H2,3H3. The largest absolute Gasteiger partial charge is 0.317 e. The number of amides is 1. The number of thiazole rings is 1. The van der Waals surface area contributed by atoms with Gasteiger partial charge in [-0.05, 0) is 42.6 Å². The fourth-order valence-corrected chi connectivity index (χ4v) is 6.43. The predicted molar refractivity (Wildman–Crippen MR) is 138 cm³/mol. The van der Waals surface area contributed by atoms with Crippen molar-refractivity contribution in [2.45, 2.75) is 18.4 Å². The van der Waals surface area contributed by atoms with Crippen LogP contribution in [0.4, 0.5) is 0 Å². The van der Waals surface area contributed by atoms with E-state index in [9.17, 15) is 13.2 Å². The summed E-state index contributed by atoms with van der Waals surface area (Å²) in [6, 6.07) is 18.1. The van der Waals surface area contributed by atoms with Crippen molar-refractivity contribution in [3.8, 4) is 0 Å². The minimum atomic E-state index is -3.73. The first-order valence-electron chi connectivity index (χ1n) is 10.8. The van der Waals surface area contributed by atoms with Gasteiger partial charge in [-0.1, -0.05) is 53.8 Å². The lowest BCUT2D eigenvalue weighted by atomic mass is 10.1. The molecule has 34 heavy (non-hydrogen) atoms. The number of sulfonamides is 1. The van der Waals surface area contributed by atoms with E-state index in [1.54, 1.807) is 0 Å². The molecule has 0 spiro atoms. The molecule has 0 fully saturated rings. The van der Waals surface area contributed by atoms with Crippen molar-refractivity contribution in [2.75, 3.05) is 13.1 Å². The Kier molecular flexibility index (Phi) is 6.92. The maximum atomic E-state index is 13.0. The Morgan fingerprint density at radius 1 is 1.03 bits per heavy atom. The maximum absolute atomic E-state index is 13.0. The van der Waals surface area contributed by atoms with Gasteiger partial charge in [-0.3, -0.25) is 4.79 Å². The van der Waals surface area contributed by atoms with Crippen molar-refractivity contribution in [1.82, 2.24) is 8.87 Å². The molecule has 0 unspecified atom stereocenters. The second-order valence-electron chi connectivity index (χ2n) is 7.60. The molecule has 0 saturated heterocycles. The zero-order valence-electron chi connectivity index (χ0n) is 18.8. The van der Waals surface area contributed by atoms with Gasteiger partial charge < -0.3 is 4.57 Å². The van der Waals surface area contributed by atoms with Gasteiger partial charge in [0.05, 0.1) is 15.1 Å². The summed E-state index contributed by atoms with van der Waals surface area (Å²) in [4.78, 5) is 18.1. The third-order valence-electron chi connectivity index (χ3n) is 5.49. The minimum Gasteiger partial charge on any atom is -0.317 e. The average molecular weight is 492 g/mol. The Hall–Kier alpha value is -3.33. The number of nitrogens with zero attached hydrogens (tertiary/aromatic N) is 3. The normalized spacial score (nSPS) is 12.5. The van der Waals surface area contributed by atoms with E-state index >= 15 is 0 Å². The minimum absolute atomic E-state index is 0.102. The van der Waals surface area contributed by atoms with Gasteiger partial charge in [0.2, 0.25) is 10.0 Å². The molecule has 0 atom stereocenters. The zero-order valence-corrected chi connectivity index (χ0v) is 20.5. The summed E-state index contributed by atoms with van der Waals surface area (Å²) < 4.78 is 30.2. The molecular weight excluding hydrogens is 466 g/mol. The Balaban J connectivity index is 1.71. The maximum Gasteiger partial charge on any atom is 0.279 e. The molecule has 4 rings (SSSR count). The van der Waals surface area contributed by atoms with Gasteiger partial charge in [0, 0.05) is 30.6 Å². The molecule has 4 aromatic rings. The van der Waals surface area contributed by atoms with Crippen molar-refractivity contribution in [1.29, 1.82) is 0 Å². The van der Waals surface area contributed by atoms with Crippen molar-refractivity contribution >= 4 is 48.3 Å². The van der Waals surface area contributed by atoms with Crippen LogP contribution in [-0.4, -0.2) is 36.3 Å². The smallest absolute Gasteiger partial charge is 0.279 e.